The lowest BCUT2D eigenvalue weighted by Crippen LogP contribution is -2.60. The van der Waals surface area contributed by atoms with E-state index in [1.165, 1.54) is 7.11 Å². The van der Waals surface area contributed by atoms with Gasteiger partial charge in [0.05, 0.1) is 17.9 Å². The topological polar surface area (TPSA) is 119 Å². The maximum atomic E-state index is 13.9. The Morgan fingerprint density at radius 1 is 1.31 bits per heavy atom. The molecule has 2 aromatic rings. The molecule has 10 heteroatoms. The molecule has 3 aliphatic rings. The maximum absolute atomic E-state index is 13.9. The molecule has 0 saturated carbocycles. The SMILES string of the molecule is COC(=O)N1CCC2([C@@]3(CCN=[N+]=[N-])C(=O)Nc4ccccc43)c3ccc(Br)cc3N[C@H]12. The number of nitrogens with one attached hydrogen (secondary N) is 2. The van der Waals surface area contributed by atoms with Gasteiger partial charge in [0.15, 0.2) is 0 Å². The number of fused-ring (bicyclic) bond motifs is 4. The second-order valence-electron chi connectivity index (χ2n) is 8.23. The Balaban J connectivity index is 1.80. The standard InChI is InChI=1S/C22H21BrN6O3/c1-32-20(31)29-11-9-21(15-7-6-13(23)12-17(15)26-18(21)29)22(8-10-25-28-24)14-4-2-3-5-16(14)27-19(22)30/h2-7,12,18,26H,8-11H2,1H3,(H,27,30)/t18-,21?,22-/m1/s1. The van der Waals surface area contributed by atoms with E-state index in [0.717, 1.165) is 27.0 Å². The Morgan fingerprint density at radius 2 is 2.12 bits per heavy atom. The van der Waals surface area contributed by atoms with Gasteiger partial charge in [-0.3, -0.25) is 9.69 Å². The molecule has 1 fully saturated rings. The molecular weight excluding hydrogens is 476 g/mol. The van der Waals surface area contributed by atoms with E-state index in [2.05, 4.69) is 36.6 Å². The summed E-state index contributed by atoms with van der Waals surface area (Å²) >= 11 is 3.53. The second-order valence-corrected chi connectivity index (χ2v) is 9.15. The third kappa shape index (κ3) is 2.53. The van der Waals surface area contributed by atoms with Gasteiger partial charge in [-0.25, -0.2) is 4.79 Å². The molecule has 9 nitrogen and oxygen atoms in total. The summed E-state index contributed by atoms with van der Waals surface area (Å²) in [5.41, 5.74) is 10.5. The number of para-hydroxylation sites is 1. The van der Waals surface area contributed by atoms with Gasteiger partial charge in [-0.1, -0.05) is 45.3 Å². The number of carbonyl (C=O) groups is 2. The molecule has 0 aliphatic carbocycles. The van der Waals surface area contributed by atoms with Gasteiger partial charge in [0, 0.05) is 33.8 Å². The average Bonchev–Trinajstić information content (AvgIpc) is 3.40. The zero-order valence-electron chi connectivity index (χ0n) is 17.3. The normalized spacial score (nSPS) is 27.0. The van der Waals surface area contributed by atoms with Crippen LogP contribution < -0.4 is 10.6 Å². The molecule has 0 radical (unpaired) electrons. The number of carbonyl (C=O) groups excluding carboxylic acids is 2. The second kappa shape index (κ2) is 7.43. The molecule has 3 aliphatic heterocycles. The number of amides is 2. The van der Waals surface area contributed by atoms with Crippen molar-refractivity contribution < 1.29 is 14.3 Å². The van der Waals surface area contributed by atoms with Gasteiger partial charge in [0.1, 0.15) is 6.17 Å². The quantitative estimate of drug-likeness (QED) is 0.367. The van der Waals surface area contributed by atoms with E-state index in [0.29, 0.717) is 19.4 Å². The summed E-state index contributed by atoms with van der Waals surface area (Å²) in [6.07, 6.45) is -0.0926. The van der Waals surface area contributed by atoms with Gasteiger partial charge in [-0.05, 0) is 47.7 Å². The number of azide groups is 1. The molecule has 2 N–H and O–H groups in total. The molecule has 1 unspecified atom stereocenters. The van der Waals surface area contributed by atoms with E-state index in [-0.39, 0.29) is 12.5 Å². The molecular formula is C22H21BrN6O3. The number of nitrogens with zero attached hydrogens (tertiary/aromatic N) is 4. The minimum Gasteiger partial charge on any atom is -0.453 e. The van der Waals surface area contributed by atoms with Crippen molar-refractivity contribution in [1.82, 2.24) is 4.90 Å². The van der Waals surface area contributed by atoms with Crippen molar-refractivity contribution in [2.45, 2.75) is 29.8 Å². The number of rotatable bonds is 4. The van der Waals surface area contributed by atoms with Crippen LogP contribution in [0, 0.1) is 0 Å². The van der Waals surface area contributed by atoms with Crippen LogP contribution in [0.25, 0.3) is 10.4 Å². The fourth-order valence-corrected chi connectivity index (χ4v) is 6.33. The molecule has 0 spiro atoms. The lowest BCUT2D eigenvalue weighted by atomic mass is 9.55. The van der Waals surface area contributed by atoms with Crippen molar-refractivity contribution in [2.24, 2.45) is 5.11 Å². The van der Waals surface area contributed by atoms with Gasteiger partial charge < -0.3 is 15.4 Å². The first-order chi connectivity index (χ1) is 15.5. The molecule has 0 bridgehead atoms. The minimum absolute atomic E-state index is 0.150. The zero-order valence-corrected chi connectivity index (χ0v) is 18.9. The highest BCUT2D eigenvalue weighted by Crippen LogP contribution is 2.63. The van der Waals surface area contributed by atoms with Crippen LogP contribution in [-0.4, -0.2) is 43.3 Å². The summed E-state index contributed by atoms with van der Waals surface area (Å²) in [6.45, 7) is 0.579. The molecule has 5 rings (SSSR count). The lowest BCUT2D eigenvalue weighted by molar-refractivity contribution is -0.124. The predicted molar refractivity (Wildman–Crippen MR) is 122 cm³/mol. The smallest absolute Gasteiger partial charge is 0.411 e. The summed E-state index contributed by atoms with van der Waals surface area (Å²) in [5, 5.41) is 10.3. The molecule has 2 amide bonds. The largest absolute Gasteiger partial charge is 0.453 e. The van der Waals surface area contributed by atoms with Crippen LogP contribution >= 0.6 is 15.9 Å². The van der Waals surface area contributed by atoms with E-state index in [1.807, 2.05) is 42.5 Å². The highest BCUT2D eigenvalue weighted by molar-refractivity contribution is 9.10. The molecule has 3 atom stereocenters. The monoisotopic (exact) mass is 496 g/mol. The Kier molecular flexibility index (Phi) is 4.79. The molecule has 164 valence electrons. The van der Waals surface area contributed by atoms with E-state index in [4.69, 9.17) is 10.3 Å². The molecule has 32 heavy (non-hydrogen) atoms. The number of hydrogen-bond donors (Lipinski definition) is 2. The first kappa shape index (κ1) is 20.7. The Morgan fingerprint density at radius 3 is 2.91 bits per heavy atom. The summed E-state index contributed by atoms with van der Waals surface area (Å²) in [5.74, 6) is -0.152. The van der Waals surface area contributed by atoms with Crippen molar-refractivity contribution in [3.05, 3.63) is 68.5 Å². The van der Waals surface area contributed by atoms with Gasteiger partial charge >= 0.3 is 6.09 Å². The number of likely N-dealkylation sites (tertiary alicyclic amines) is 1. The number of methoxy groups -OCH3 is 1. The van der Waals surface area contributed by atoms with Gasteiger partial charge in [0.2, 0.25) is 5.91 Å². The van der Waals surface area contributed by atoms with Crippen molar-refractivity contribution in [3.63, 3.8) is 0 Å². The molecule has 3 heterocycles. The molecule has 1 saturated heterocycles. The number of halogens is 1. The van der Waals surface area contributed by atoms with Crippen LogP contribution in [0.1, 0.15) is 24.0 Å². The average molecular weight is 497 g/mol. The summed E-state index contributed by atoms with van der Waals surface area (Å²) in [4.78, 5) is 31.2. The number of hydrogen-bond acceptors (Lipinski definition) is 5. The van der Waals surface area contributed by atoms with Gasteiger partial charge in [-0.2, -0.15) is 0 Å². The first-order valence-corrected chi connectivity index (χ1v) is 11.1. The van der Waals surface area contributed by atoms with E-state index >= 15 is 0 Å². The van der Waals surface area contributed by atoms with Crippen LogP contribution in [0.3, 0.4) is 0 Å². The van der Waals surface area contributed by atoms with Crippen LogP contribution in [0.5, 0.6) is 0 Å². The van der Waals surface area contributed by atoms with E-state index in [9.17, 15) is 9.59 Å². The summed E-state index contributed by atoms with van der Waals surface area (Å²) < 4.78 is 5.96. The highest BCUT2D eigenvalue weighted by Gasteiger charge is 2.70. The van der Waals surface area contributed by atoms with Crippen LogP contribution in [0.2, 0.25) is 0 Å². The number of ether oxygens (including phenoxy) is 1. The first-order valence-electron chi connectivity index (χ1n) is 10.3. The number of anilines is 2. The Labute approximate surface area is 192 Å². The van der Waals surface area contributed by atoms with E-state index in [1.54, 1.807) is 4.90 Å². The number of benzene rings is 2. The van der Waals surface area contributed by atoms with Gasteiger partial charge in [0.25, 0.3) is 0 Å². The Bertz CT molecular complexity index is 1180. The minimum atomic E-state index is -1.04. The van der Waals surface area contributed by atoms with Crippen molar-refractivity contribution >= 4 is 39.3 Å². The van der Waals surface area contributed by atoms with Gasteiger partial charge in [-0.15, -0.1) is 0 Å². The third-order valence-corrected chi connectivity index (χ3v) is 7.62. The van der Waals surface area contributed by atoms with Crippen LogP contribution in [0.15, 0.2) is 52.1 Å². The Hall–Kier alpha value is -3.23. The molecule has 2 aromatic carbocycles. The predicted octanol–water partition coefficient (Wildman–Crippen LogP) is 4.50. The fourth-order valence-electron chi connectivity index (χ4n) is 5.97. The van der Waals surface area contributed by atoms with Crippen molar-refractivity contribution in [2.75, 3.05) is 30.8 Å². The fraction of sp³-hybridized carbons (Fsp3) is 0.364. The van der Waals surface area contributed by atoms with Crippen molar-refractivity contribution in [3.8, 4) is 0 Å². The molecule has 0 aromatic heterocycles. The zero-order chi connectivity index (χ0) is 22.5. The van der Waals surface area contributed by atoms with Crippen molar-refractivity contribution in [1.29, 1.82) is 0 Å². The summed E-state index contributed by atoms with van der Waals surface area (Å²) in [7, 11) is 1.36. The summed E-state index contributed by atoms with van der Waals surface area (Å²) in [6, 6.07) is 13.5. The highest BCUT2D eigenvalue weighted by atomic mass is 79.9. The third-order valence-electron chi connectivity index (χ3n) is 7.12. The van der Waals surface area contributed by atoms with Crippen LogP contribution in [0.4, 0.5) is 16.2 Å². The van der Waals surface area contributed by atoms with E-state index < -0.39 is 23.1 Å². The van der Waals surface area contributed by atoms with Crippen LogP contribution in [-0.2, 0) is 20.4 Å². The maximum Gasteiger partial charge on any atom is 0.411 e. The lowest BCUT2D eigenvalue weighted by Gasteiger charge is -2.46.